The van der Waals surface area contributed by atoms with Crippen LogP contribution in [0.15, 0.2) is 30.3 Å². The topological polar surface area (TPSA) is 64.0 Å². The first-order chi connectivity index (χ1) is 8.11. The third-order valence-corrected chi connectivity index (χ3v) is 2.35. The molecule has 2 rings (SSSR count). The van der Waals surface area contributed by atoms with Gasteiger partial charge >= 0.3 is 0 Å². The molecule has 0 aliphatic rings. The monoisotopic (exact) mass is 231 g/mol. The molecule has 17 heavy (non-hydrogen) atoms. The van der Waals surface area contributed by atoms with Gasteiger partial charge in [-0.1, -0.05) is 0 Å². The van der Waals surface area contributed by atoms with E-state index in [1.807, 2.05) is 6.07 Å². The Morgan fingerprint density at radius 2 is 2.00 bits per heavy atom. The Kier molecular flexibility index (Phi) is 2.71. The lowest BCUT2D eigenvalue weighted by Crippen LogP contribution is -1.97. The van der Waals surface area contributed by atoms with Crippen LogP contribution in [-0.4, -0.2) is 4.57 Å². The van der Waals surface area contributed by atoms with E-state index in [4.69, 9.17) is 15.7 Å². The van der Waals surface area contributed by atoms with Crippen LogP contribution in [0.1, 0.15) is 5.69 Å². The average Bonchev–Trinajstić information content (AvgIpc) is 2.59. The van der Waals surface area contributed by atoms with Gasteiger partial charge in [-0.05, 0) is 24.3 Å². The van der Waals surface area contributed by atoms with Crippen molar-refractivity contribution in [2.24, 2.45) is 7.05 Å². The number of hydrogen-bond donors (Lipinski definition) is 1. The molecule has 5 heteroatoms. The van der Waals surface area contributed by atoms with Gasteiger partial charge in [-0.3, -0.25) is 0 Å². The second-order valence-corrected chi connectivity index (χ2v) is 3.52. The molecule has 0 aliphatic heterocycles. The predicted octanol–water partition coefficient (Wildman–Crippen LogP) is 2.41. The molecule has 0 bridgehead atoms. The molecule has 1 heterocycles. The SMILES string of the molecule is Cn1c(C#N)cc(N)c1Oc1ccc(F)cc1. The zero-order chi connectivity index (χ0) is 12.4. The zero-order valence-electron chi connectivity index (χ0n) is 9.14. The maximum absolute atomic E-state index is 12.7. The Labute approximate surface area is 97.6 Å². The standard InChI is InChI=1S/C12H10FN3O/c1-16-9(7-14)6-11(15)12(16)17-10-4-2-8(13)3-5-10/h2-6H,15H2,1H3. The predicted molar refractivity (Wildman–Crippen MR) is 61.0 cm³/mol. The van der Waals surface area contributed by atoms with Crippen molar-refractivity contribution >= 4 is 5.69 Å². The minimum Gasteiger partial charge on any atom is -0.439 e. The first-order valence-corrected chi connectivity index (χ1v) is 4.90. The maximum Gasteiger partial charge on any atom is 0.224 e. The summed E-state index contributed by atoms with van der Waals surface area (Å²) >= 11 is 0. The first kappa shape index (κ1) is 11.0. The molecule has 0 spiro atoms. The summed E-state index contributed by atoms with van der Waals surface area (Å²) in [6.45, 7) is 0. The van der Waals surface area contributed by atoms with Crippen LogP contribution in [0, 0.1) is 17.1 Å². The normalized spacial score (nSPS) is 9.94. The molecular formula is C12H10FN3O. The molecule has 86 valence electrons. The molecule has 0 saturated heterocycles. The molecule has 1 aromatic heterocycles. The van der Waals surface area contributed by atoms with E-state index in [2.05, 4.69) is 0 Å². The van der Waals surface area contributed by atoms with E-state index in [1.165, 1.54) is 30.3 Å². The van der Waals surface area contributed by atoms with Gasteiger partial charge in [0, 0.05) is 13.1 Å². The lowest BCUT2D eigenvalue weighted by molar-refractivity contribution is 0.443. The summed E-state index contributed by atoms with van der Waals surface area (Å²) in [7, 11) is 1.67. The number of anilines is 1. The van der Waals surface area contributed by atoms with Gasteiger partial charge < -0.3 is 15.0 Å². The molecule has 0 saturated carbocycles. The smallest absolute Gasteiger partial charge is 0.224 e. The lowest BCUT2D eigenvalue weighted by Gasteiger charge is -2.07. The van der Waals surface area contributed by atoms with E-state index < -0.39 is 0 Å². The third kappa shape index (κ3) is 2.06. The Hall–Kier alpha value is -2.48. The van der Waals surface area contributed by atoms with E-state index in [-0.39, 0.29) is 5.82 Å². The summed E-state index contributed by atoms with van der Waals surface area (Å²) in [4.78, 5) is 0. The van der Waals surface area contributed by atoms with Crippen LogP contribution in [0.25, 0.3) is 0 Å². The van der Waals surface area contributed by atoms with Crippen molar-refractivity contribution in [2.75, 3.05) is 5.73 Å². The van der Waals surface area contributed by atoms with Gasteiger partial charge in [0.1, 0.15) is 23.3 Å². The largest absolute Gasteiger partial charge is 0.439 e. The van der Waals surface area contributed by atoms with Crippen molar-refractivity contribution in [2.45, 2.75) is 0 Å². The fourth-order valence-electron chi connectivity index (χ4n) is 1.46. The van der Waals surface area contributed by atoms with E-state index in [9.17, 15) is 4.39 Å². The summed E-state index contributed by atoms with van der Waals surface area (Å²) in [5.74, 6) is 0.492. The van der Waals surface area contributed by atoms with Crippen LogP contribution in [-0.2, 0) is 7.05 Å². The van der Waals surface area contributed by atoms with E-state index in [1.54, 1.807) is 11.6 Å². The molecule has 4 nitrogen and oxygen atoms in total. The highest BCUT2D eigenvalue weighted by Gasteiger charge is 2.12. The van der Waals surface area contributed by atoms with E-state index >= 15 is 0 Å². The number of benzene rings is 1. The van der Waals surface area contributed by atoms with Gasteiger partial charge in [0.25, 0.3) is 0 Å². The van der Waals surface area contributed by atoms with Crippen molar-refractivity contribution in [3.8, 4) is 17.7 Å². The number of aromatic nitrogens is 1. The van der Waals surface area contributed by atoms with Gasteiger partial charge in [0.05, 0.1) is 5.69 Å². The van der Waals surface area contributed by atoms with Crippen LogP contribution in [0.3, 0.4) is 0 Å². The van der Waals surface area contributed by atoms with Gasteiger partial charge in [-0.2, -0.15) is 5.26 Å². The highest BCUT2D eigenvalue weighted by atomic mass is 19.1. The minimum absolute atomic E-state index is 0.338. The van der Waals surface area contributed by atoms with Crippen molar-refractivity contribution < 1.29 is 9.13 Å². The number of halogens is 1. The van der Waals surface area contributed by atoms with Crippen LogP contribution >= 0.6 is 0 Å². The van der Waals surface area contributed by atoms with Crippen LogP contribution < -0.4 is 10.5 Å². The summed E-state index contributed by atoms with van der Waals surface area (Å²) in [5, 5.41) is 8.83. The molecule has 0 aliphatic carbocycles. The fraction of sp³-hybridized carbons (Fsp3) is 0.0833. The van der Waals surface area contributed by atoms with E-state index in [0.29, 0.717) is 23.0 Å². The Morgan fingerprint density at radius 3 is 2.53 bits per heavy atom. The Morgan fingerprint density at radius 1 is 1.35 bits per heavy atom. The third-order valence-electron chi connectivity index (χ3n) is 2.35. The number of nitrogens with zero attached hydrogens (tertiary/aromatic N) is 2. The molecule has 0 radical (unpaired) electrons. The minimum atomic E-state index is -0.338. The Bertz CT molecular complexity index is 581. The van der Waals surface area contributed by atoms with E-state index in [0.717, 1.165) is 0 Å². The first-order valence-electron chi connectivity index (χ1n) is 4.90. The number of hydrogen-bond acceptors (Lipinski definition) is 3. The Balaban J connectivity index is 2.33. The molecule has 0 atom stereocenters. The van der Waals surface area contributed by atoms with Crippen LogP contribution in [0.2, 0.25) is 0 Å². The second kappa shape index (κ2) is 4.18. The second-order valence-electron chi connectivity index (χ2n) is 3.52. The summed E-state index contributed by atoms with van der Waals surface area (Å²) in [6, 6.07) is 9.09. The molecule has 1 aromatic carbocycles. The lowest BCUT2D eigenvalue weighted by atomic mass is 10.3. The van der Waals surface area contributed by atoms with Crippen molar-refractivity contribution in [1.29, 1.82) is 5.26 Å². The summed E-state index contributed by atoms with van der Waals surface area (Å²) < 4.78 is 19.8. The molecule has 0 amide bonds. The number of nitrogens with two attached hydrogens (primary N) is 1. The molecule has 2 aromatic rings. The quantitative estimate of drug-likeness (QED) is 0.863. The summed E-state index contributed by atoms with van der Waals surface area (Å²) in [6.07, 6.45) is 0. The summed E-state index contributed by atoms with van der Waals surface area (Å²) in [5.41, 5.74) is 6.50. The van der Waals surface area contributed by atoms with Crippen molar-refractivity contribution in [3.05, 3.63) is 41.8 Å². The maximum atomic E-state index is 12.7. The zero-order valence-corrected chi connectivity index (χ0v) is 9.14. The number of ether oxygens (including phenoxy) is 1. The average molecular weight is 231 g/mol. The van der Waals surface area contributed by atoms with Crippen molar-refractivity contribution in [3.63, 3.8) is 0 Å². The van der Waals surface area contributed by atoms with Crippen LogP contribution in [0.4, 0.5) is 10.1 Å². The number of nitrogen functional groups attached to an aromatic ring is 1. The molecular weight excluding hydrogens is 221 g/mol. The highest BCUT2D eigenvalue weighted by Crippen LogP contribution is 2.29. The van der Waals surface area contributed by atoms with Crippen LogP contribution in [0.5, 0.6) is 11.6 Å². The number of nitriles is 1. The van der Waals surface area contributed by atoms with Gasteiger partial charge in [0.15, 0.2) is 0 Å². The number of rotatable bonds is 2. The molecule has 0 unspecified atom stereocenters. The van der Waals surface area contributed by atoms with Gasteiger partial charge in [-0.25, -0.2) is 4.39 Å². The van der Waals surface area contributed by atoms with Gasteiger partial charge in [0.2, 0.25) is 5.88 Å². The highest BCUT2D eigenvalue weighted by molar-refractivity contribution is 5.56. The van der Waals surface area contributed by atoms with Crippen molar-refractivity contribution in [1.82, 2.24) is 4.57 Å². The molecule has 2 N–H and O–H groups in total. The molecule has 0 fully saturated rings. The fourth-order valence-corrected chi connectivity index (χ4v) is 1.46. The van der Waals surface area contributed by atoms with Gasteiger partial charge in [-0.15, -0.1) is 0 Å².